The second kappa shape index (κ2) is 6.57. The van der Waals surface area contributed by atoms with Crippen molar-refractivity contribution in [3.8, 4) is 0 Å². The van der Waals surface area contributed by atoms with Crippen LogP contribution in [0.2, 0.25) is 0 Å². The molecular weight excluding hydrogens is 224 g/mol. The molecule has 4 nitrogen and oxygen atoms in total. The summed E-state index contributed by atoms with van der Waals surface area (Å²) in [4.78, 5) is 11.2. The summed E-state index contributed by atoms with van der Waals surface area (Å²) < 4.78 is 0. The van der Waals surface area contributed by atoms with E-state index < -0.39 is 0 Å². The van der Waals surface area contributed by atoms with Crippen molar-refractivity contribution < 1.29 is 0 Å². The minimum atomic E-state index is 0.900. The van der Waals surface area contributed by atoms with Gasteiger partial charge >= 0.3 is 0 Å². The first-order valence-corrected chi connectivity index (χ1v) is 7.13. The molecule has 1 aromatic heterocycles. The number of aromatic nitrogens is 2. The summed E-state index contributed by atoms with van der Waals surface area (Å²) in [7, 11) is 0. The SMILES string of the molecule is CCNc1ncnc(N2CCCCCCC2)c1C. The molecule has 4 heteroatoms. The first kappa shape index (κ1) is 13.1. The van der Waals surface area contributed by atoms with E-state index in [0.717, 1.165) is 31.3 Å². The van der Waals surface area contributed by atoms with Gasteiger partial charge in [-0.05, 0) is 26.7 Å². The Morgan fingerprint density at radius 1 is 1.11 bits per heavy atom. The van der Waals surface area contributed by atoms with Gasteiger partial charge in [0.15, 0.2) is 0 Å². The molecule has 0 spiro atoms. The van der Waals surface area contributed by atoms with Crippen LogP contribution in [0.25, 0.3) is 0 Å². The van der Waals surface area contributed by atoms with Crippen molar-refractivity contribution in [2.75, 3.05) is 29.9 Å². The van der Waals surface area contributed by atoms with Crippen molar-refractivity contribution in [1.82, 2.24) is 9.97 Å². The number of hydrogen-bond acceptors (Lipinski definition) is 4. The Morgan fingerprint density at radius 2 is 1.78 bits per heavy atom. The van der Waals surface area contributed by atoms with Gasteiger partial charge in [-0.3, -0.25) is 0 Å². The highest BCUT2D eigenvalue weighted by Gasteiger charge is 2.14. The van der Waals surface area contributed by atoms with Crippen molar-refractivity contribution in [2.24, 2.45) is 0 Å². The molecule has 1 saturated heterocycles. The Bertz CT molecular complexity index is 370. The topological polar surface area (TPSA) is 41.1 Å². The lowest BCUT2D eigenvalue weighted by molar-refractivity contribution is 0.553. The molecule has 100 valence electrons. The molecule has 18 heavy (non-hydrogen) atoms. The molecule has 1 fully saturated rings. The summed E-state index contributed by atoms with van der Waals surface area (Å²) in [5, 5.41) is 3.31. The zero-order valence-corrected chi connectivity index (χ0v) is 11.6. The van der Waals surface area contributed by atoms with Gasteiger partial charge in [0.25, 0.3) is 0 Å². The maximum Gasteiger partial charge on any atom is 0.137 e. The average Bonchev–Trinajstić information content (AvgIpc) is 2.33. The van der Waals surface area contributed by atoms with Gasteiger partial charge in [0.1, 0.15) is 18.0 Å². The largest absolute Gasteiger partial charge is 0.370 e. The molecule has 0 bridgehead atoms. The minimum absolute atomic E-state index is 0.900. The zero-order valence-electron chi connectivity index (χ0n) is 11.6. The third-order valence-corrected chi connectivity index (χ3v) is 3.56. The summed E-state index contributed by atoms with van der Waals surface area (Å²) >= 11 is 0. The van der Waals surface area contributed by atoms with Crippen LogP contribution in [0, 0.1) is 6.92 Å². The molecule has 0 amide bonds. The van der Waals surface area contributed by atoms with Crippen LogP contribution in [0.4, 0.5) is 11.6 Å². The molecule has 2 rings (SSSR count). The fourth-order valence-electron chi connectivity index (χ4n) is 2.56. The second-order valence-corrected chi connectivity index (χ2v) is 4.96. The minimum Gasteiger partial charge on any atom is -0.370 e. The second-order valence-electron chi connectivity index (χ2n) is 4.96. The molecule has 1 aliphatic heterocycles. The summed E-state index contributed by atoms with van der Waals surface area (Å²) in [6.07, 6.45) is 8.32. The van der Waals surface area contributed by atoms with E-state index in [0.29, 0.717) is 0 Å². The standard InChI is InChI=1S/C14H24N4/c1-3-15-13-12(2)14(17-11-16-13)18-9-7-5-4-6-8-10-18/h11H,3-10H2,1-2H3,(H,15,16,17). The Balaban J connectivity index is 2.17. The first-order chi connectivity index (χ1) is 8.83. The molecule has 0 radical (unpaired) electrons. The van der Waals surface area contributed by atoms with Gasteiger partial charge in [0.2, 0.25) is 0 Å². The Kier molecular flexibility index (Phi) is 4.79. The van der Waals surface area contributed by atoms with Crippen LogP contribution in [0.15, 0.2) is 6.33 Å². The summed E-state index contributed by atoms with van der Waals surface area (Å²) in [5.41, 5.74) is 1.18. The number of nitrogens with one attached hydrogen (secondary N) is 1. The molecular formula is C14H24N4. The van der Waals surface area contributed by atoms with Crippen molar-refractivity contribution in [3.63, 3.8) is 0 Å². The van der Waals surface area contributed by atoms with E-state index in [1.54, 1.807) is 6.33 Å². The third-order valence-electron chi connectivity index (χ3n) is 3.56. The van der Waals surface area contributed by atoms with Crippen molar-refractivity contribution in [2.45, 2.75) is 46.0 Å². The van der Waals surface area contributed by atoms with Crippen molar-refractivity contribution >= 4 is 11.6 Å². The molecule has 0 aliphatic carbocycles. The molecule has 0 aromatic carbocycles. The smallest absolute Gasteiger partial charge is 0.137 e. The van der Waals surface area contributed by atoms with Gasteiger partial charge in [-0.15, -0.1) is 0 Å². The fourth-order valence-corrected chi connectivity index (χ4v) is 2.56. The number of nitrogens with zero attached hydrogens (tertiary/aromatic N) is 3. The summed E-state index contributed by atoms with van der Waals surface area (Å²) in [6.45, 7) is 7.37. The quantitative estimate of drug-likeness (QED) is 0.893. The molecule has 1 aliphatic rings. The monoisotopic (exact) mass is 248 g/mol. The van der Waals surface area contributed by atoms with E-state index in [1.807, 2.05) is 0 Å². The predicted octanol–water partition coefficient (Wildman–Crippen LogP) is 2.99. The van der Waals surface area contributed by atoms with E-state index >= 15 is 0 Å². The van der Waals surface area contributed by atoms with E-state index in [4.69, 9.17) is 0 Å². The highest BCUT2D eigenvalue weighted by Crippen LogP contribution is 2.24. The van der Waals surface area contributed by atoms with Gasteiger partial charge in [0.05, 0.1) is 0 Å². The van der Waals surface area contributed by atoms with E-state index in [-0.39, 0.29) is 0 Å². The van der Waals surface area contributed by atoms with Crippen LogP contribution in [0.1, 0.15) is 44.6 Å². The maximum atomic E-state index is 4.49. The van der Waals surface area contributed by atoms with Crippen LogP contribution < -0.4 is 10.2 Å². The van der Waals surface area contributed by atoms with Crippen LogP contribution in [0.3, 0.4) is 0 Å². The van der Waals surface area contributed by atoms with Gasteiger partial charge in [-0.25, -0.2) is 9.97 Å². The summed E-state index contributed by atoms with van der Waals surface area (Å²) in [6, 6.07) is 0. The lowest BCUT2D eigenvalue weighted by Gasteiger charge is -2.27. The normalized spacial score (nSPS) is 17.1. The predicted molar refractivity (Wildman–Crippen MR) is 76.2 cm³/mol. The van der Waals surface area contributed by atoms with Crippen LogP contribution in [0.5, 0.6) is 0 Å². The molecule has 0 atom stereocenters. The van der Waals surface area contributed by atoms with Crippen LogP contribution in [-0.4, -0.2) is 29.6 Å². The molecule has 0 saturated carbocycles. The lowest BCUT2D eigenvalue weighted by Crippen LogP contribution is -2.29. The van der Waals surface area contributed by atoms with Crippen LogP contribution in [-0.2, 0) is 0 Å². The van der Waals surface area contributed by atoms with Crippen molar-refractivity contribution in [1.29, 1.82) is 0 Å². The maximum absolute atomic E-state index is 4.49. The number of anilines is 2. The molecule has 2 heterocycles. The molecule has 1 N–H and O–H groups in total. The van der Waals surface area contributed by atoms with Gasteiger partial charge in [0, 0.05) is 25.2 Å². The van der Waals surface area contributed by atoms with Gasteiger partial charge in [-0.1, -0.05) is 19.3 Å². The molecule has 1 aromatic rings. The van der Waals surface area contributed by atoms with E-state index in [2.05, 4.69) is 34.0 Å². The Labute approximate surface area is 110 Å². The lowest BCUT2D eigenvalue weighted by atomic mass is 10.1. The van der Waals surface area contributed by atoms with Crippen molar-refractivity contribution in [3.05, 3.63) is 11.9 Å². The summed E-state index contributed by atoms with van der Waals surface area (Å²) in [5.74, 6) is 2.09. The van der Waals surface area contributed by atoms with E-state index in [1.165, 1.54) is 37.7 Å². The average molecular weight is 248 g/mol. The Hall–Kier alpha value is -1.32. The first-order valence-electron chi connectivity index (χ1n) is 7.13. The zero-order chi connectivity index (χ0) is 12.8. The highest BCUT2D eigenvalue weighted by molar-refractivity contribution is 5.57. The Morgan fingerprint density at radius 3 is 2.44 bits per heavy atom. The van der Waals surface area contributed by atoms with Gasteiger partial charge < -0.3 is 10.2 Å². The number of hydrogen-bond donors (Lipinski definition) is 1. The number of rotatable bonds is 3. The third kappa shape index (κ3) is 3.12. The van der Waals surface area contributed by atoms with Crippen LogP contribution >= 0.6 is 0 Å². The fraction of sp³-hybridized carbons (Fsp3) is 0.714. The highest BCUT2D eigenvalue weighted by atomic mass is 15.2. The molecule has 0 unspecified atom stereocenters. The van der Waals surface area contributed by atoms with E-state index in [9.17, 15) is 0 Å². The van der Waals surface area contributed by atoms with Gasteiger partial charge in [-0.2, -0.15) is 0 Å².